The number of nitrogens with zero attached hydrogens (tertiary/aromatic N) is 7. The predicted molar refractivity (Wildman–Crippen MR) is 92.5 cm³/mol. The van der Waals surface area contributed by atoms with E-state index in [1.54, 1.807) is 11.6 Å². The fraction of sp³-hybridized carbons (Fsp3) is 0.214. The van der Waals surface area contributed by atoms with Gasteiger partial charge in [-0.25, -0.2) is 4.39 Å². The smallest absolute Gasteiger partial charge is 0.390 e. The third kappa shape index (κ3) is 4.63. The van der Waals surface area contributed by atoms with E-state index in [0.29, 0.717) is 16.7 Å². The average molecular weight is 392 g/mol. The molecule has 11 nitrogen and oxygen atoms in total. The van der Waals surface area contributed by atoms with Crippen LogP contribution in [0.25, 0.3) is 0 Å². The molecule has 3 rings (SSSR count). The van der Waals surface area contributed by atoms with Crippen LogP contribution in [-0.4, -0.2) is 46.1 Å². The lowest BCUT2D eigenvalue weighted by Crippen LogP contribution is -2.14. The maximum atomic E-state index is 12.9. The normalized spacial score (nSPS) is 10.7. The Labute approximate surface area is 155 Å². The van der Waals surface area contributed by atoms with Crippen molar-refractivity contribution in [2.45, 2.75) is 11.7 Å². The molecule has 1 N–H and O–H groups in total. The van der Waals surface area contributed by atoms with Gasteiger partial charge in [0.2, 0.25) is 12.2 Å². The van der Waals surface area contributed by atoms with Crippen LogP contribution in [0.15, 0.2) is 35.7 Å². The Morgan fingerprint density at radius 1 is 1.33 bits per heavy atom. The predicted octanol–water partition coefficient (Wildman–Crippen LogP) is 1.23. The number of amides is 1. The van der Waals surface area contributed by atoms with Crippen molar-refractivity contribution in [3.05, 3.63) is 52.3 Å². The van der Waals surface area contributed by atoms with Gasteiger partial charge in [-0.15, -0.1) is 10.2 Å². The highest BCUT2D eigenvalue weighted by molar-refractivity contribution is 7.99. The van der Waals surface area contributed by atoms with Crippen LogP contribution >= 0.6 is 11.8 Å². The Balaban J connectivity index is 1.57. The quantitative estimate of drug-likeness (QED) is 0.360. The van der Waals surface area contributed by atoms with Crippen LogP contribution < -0.4 is 5.32 Å². The van der Waals surface area contributed by atoms with Gasteiger partial charge in [0.15, 0.2) is 11.0 Å². The van der Waals surface area contributed by atoms with Crippen molar-refractivity contribution in [1.82, 2.24) is 29.5 Å². The van der Waals surface area contributed by atoms with Crippen LogP contribution in [0.1, 0.15) is 5.82 Å². The maximum absolute atomic E-state index is 12.9. The highest BCUT2D eigenvalue weighted by atomic mass is 32.2. The molecule has 2 heterocycles. The fourth-order valence-corrected chi connectivity index (χ4v) is 2.79. The van der Waals surface area contributed by atoms with Crippen LogP contribution in [0, 0.1) is 15.9 Å². The van der Waals surface area contributed by atoms with Crippen LogP contribution in [0.3, 0.4) is 0 Å². The number of rotatable bonds is 7. The summed E-state index contributed by atoms with van der Waals surface area (Å²) in [5.74, 6) is -0.576. The molecule has 140 valence electrons. The zero-order valence-electron chi connectivity index (χ0n) is 13.9. The minimum Gasteiger partial charge on any atom is -0.390 e. The molecule has 0 saturated carbocycles. The molecule has 0 bridgehead atoms. The van der Waals surface area contributed by atoms with E-state index in [9.17, 15) is 19.3 Å². The zero-order valence-corrected chi connectivity index (χ0v) is 14.8. The molecule has 1 amide bonds. The maximum Gasteiger partial charge on any atom is 0.490 e. The van der Waals surface area contributed by atoms with Crippen LogP contribution in [-0.2, 0) is 18.4 Å². The van der Waals surface area contributed by atoms with Gasteiger partial charge in [0.25, 0.3) is 0 Å². The first-order valence-corrected chi connectivity index (χ1v) is 8.51. The Hall–Kier alpha value is -3.35. The summed E-state index contributed by atoms with van der Waals surface area (Å²) in [5, 5.41) is 25.5. The molecule has 0 fully saturated rings. The van der Waals surface area contributed by atoms with Crippen molar-refractivity contribution in [3.63, 3.8) is 0 Å². The highest BCUT2D eigenvalue weighted by Crippen LogP contribution is 2.17. The third-order valence-corrected chi connectivity index (χ3v) is 4.40. The van der Waals surface area contributed by atoms with Crippen LogP contribution in [0.2, 0.25) is 0 Å². The number of aromatic nitrogens is 6. The molecule has 13 heteroatoms. The van der Waals surface area contributed by atoms with Gasteiger partial charge in [0.05, 0.1) is 5.75 Å². The Morgan fingerprint density at radius 2 is 2.07 bits per heavy atom. The minimum absolute atomic E-state index is 0.0815. The van der Waals surface area contributed by atoms with Crippen LogP contribution in [0.4, 0.5) is 16.0 Å². The standard InChI is InChI=1S/C14H13FN8O3S/c1-21-11(6-22-8-16-13(20-22)23(25)26)18-19-14(21)27-7-12(24)17-10-4-2-9(15)3-5-10/h2-5,8H,6-7H2,1H3,(H,17,24). The number of nitro groups is 1. The van der Waals surface area contributed by atoms with Gasteiger partial charge in [0, 0.05) is 17.8 Å². The summed E-state index contributed by atoms with van der Waals surface area (Å²) in [6.45, 7) is 0.146. The monoisotopic (exact) mass is 392 g/mol. The first-order chi connectivity index (χ1) is 12.9. The highest BCUT2D eigenvalue weighted by Gasteiger charge is 2.17. The summed E-state index contributed by atoms with van der Waals surface area (Å²) in [6.07, 6.45) is 1.23. The topological polar surface area (TPSA) is 134 Å². The summed E-state index contributed by atoms with van der Waals surface area (Å²) in [7, 11) is 1.71. The fourth-order valence-electron chi connectivity index (χ4n) is 2.06. The number of thioether (sulfide) groups is 1. The average Bonchev–Trinajstić information content (AvgIpc) is 3.24. The van der Waals surface area contributed by atoms with Crippen LogP contribution in [0.5, 0.6) is 0 Å². The summed E-state index contributed by atoms with van der Waals surface area (Å²) in [6, 6.07) is 5.45. The van der Waals surface area contributed by atoms with Crippen molar-refractivity contribution >= 4 is 29.3 Å². The van der Waals surface area contributed by atoms with E-state index >= 15 is 0 Å². The molecule has 0 aliphatic carbocycles. The number of anilines is 1. The van der Waals surface area contributed by atoms with E-state index in [0.717, 1.165) is 0 Å². The van der Waals surface area contributed by atoms with Crippen molar-refractivity contribution in [2.75, 3.05) is 11.1 Å². The Morgan fingerprint density at radius 3 is 2.74 bits per heavy atom. The van der Waals surface area contributed by atoms with E-state index in [1.165, 1.54) is 47.0 Å². The molecule has 0 aliphatic heterocycles. The second-order valence-corrected chi connectivity index (χ2v) is 6.24. The molecular formula is C14H13FN8O3S. The molecule has 0 radical (unpaired) electrons. The molecule has 0 spiro atoms. The molecule has 3 aromatic rings. The third-order valence-electron chi connectivity index (χ3n) is 3.38. The molecule has 2 aromatic heterocycles. The zero-order chi connectivity index (χ0) is 19.4. The first kappa shape index (κ1) is 18.4. The van der Waals surface area contributed by atoms with Crippen molar-refractivity contribution in [2.24, 2.45) is 7.05 Å². The minimum atomic E-state index is -0.686. The van der Waals surface area contributed by atoms with Crippen molar-refractivity contribution in [1.29, 1.82) is 0 Å². The number of benzene rings is 1. The lowest BCUT2D eigenvalue weighted by atomic mass is 10.3. The summed E-state index contributed by atoms with van der Waals surface area (Å²) in [4.78, 5) is 25.5. The first-order valence-electron chi connectivity index (χ1n) is 7.52. The van der Waals surface area contributed by atoms with Gasteiger partial charge in [-0.3, -0.25) is 4.79 Å². The van der Waals surface area contributed by atoms with Gasteiger partial charge >= 0.3 is 5.95 Å². The number of hydrogen-bond donors (Lipinski definition) is 1. The van der Waals surface area contributed by atoms with Gasteiger partial charge in [-0.2, -0.15) is 4.68 Å². The largest absolute Gasteiger partial charge is 0.490 e. The lowest BCUT2D eigenvalue weighted by molar-refractivity contribution is -0.394. The second-order valence-electron chi connectivity index (χ2n) is 5.30. The number of halogens is 1. The summed E-state index contributed by atoms with van der Waals surface area (Å²) >= 11 is 1.17. The Kier molecular flexibility index (Phi) is 5.40. The van der Waals surface area contributed by atoms with Gasteiger partial charge in [-0.05, 0) is 29.2 Å². The SMILES string of the molecule is Cn1c(Cn2cnc([N+](=O)[O-])n2)nnc1SCC(=O)Nc1ccc(F)cc1. The molecule has 1 aromatic carbocycles. The summed E-state index contributed by atoms with van der Waals surface area (Å²) in [5.41, 5.74) is 0.494. The second kappa shape index (κ2) is 7.90. The van der Waals surface area contributed by atoms with E-state index in [1.807, 2.05) is 0 Å². The molecular weight excluding hydrogens is 379 g/mol. The lowest BCUT2D eigenvalue weighted by Gasteiger charge is -2.05. The van der Waals surface area contributed by atoms with Crippen molar-refractivity contribution in [3.8, 4) is 0 Å². The van der Waals surface area contributed by atoms with E-state index in [-0.39, 0.29) is 24.0 Å². The molecule has 0 aliphatic rings. The van der Waals surface area contributed by atoms with E-state index < -0.39 is 10.9 Å². The van der Waals surface area contributed by atoms with Gasteiger partial charge in [0.1, 0.15) is 12.4 Å². The van der Waals surface area contributed by atoms with Crippen molar-refractivity contribution < 1.29 is 14.1 Å². The molecule has 27 heavy (non-hydrogen) atoms. The number of carbonyl (C=O) groups is 1. The van der Waals surface area contributed by atoms with E-state index in [2.05, 4.69) is 25.6 Å². The Bertz CT molecular complexity index is 971. The molecule has 0 atom stereocenters. The summed E-state index contributed by atoms with van der Waals surface area (Å²) < 4.78 is 15.8. The molecule has 0 unspecified atom stereocenters. The number of nitrogens with one attached hydrogen (secondary N) is 1. The molecule has 0 saturated heterocycles. The number of carbonyl (C=O) groups excluding carboxylic acids is 1. The van der Waals surface area contributed by atoms with Gasteiger partial charge < -0.3 is 20.0 Å². The van der Waals surface area contributed by atoms with Gasteiger partial charge in [-0.1, -0.05) is 16.7 Å². The van der Waals surface area contributed by atoms with E-state index in [4.69, 9.17) is 0 Å². The number of hydrogen-bond acceptors (Lipinski definition) is 8.